The van der Waals surface area contributed by atoms with Gasteiger partial charge in [0.2, 0.25) is 5.91 Å². The monoisotopic (exact) mass is 253 g/mol. The predicted molar refractivity (Wildman–Crippen MR) is 73.6 cm³/mol. The number of aromatic nitrogens is 1. The van der Waals surface area contributed by atoms with E-state index in [9.17, 15) is 4.79 Å². The Kier molecular flexibility index (Phi) is 3.01. The quantitative estimate of drug-likeness (QED) is 0.852. The second kappa shape index (κ2) is 4.82. The van der Waals surface area contributed by atoms with E-state index >= 15 is 0 Å². The average molecular weight is 253 g/mol. The fourth-order valence-corrected chi connectivity index (χ4v) is 2.45. The molecule has 96 valence electrons. The van der Waals surface area contributed by atoms with Crippen molar-refractivity contribution >= 4 is 5.91 Å². The van der Waals surface area contributed by atoms with Gasteiger partial charge in [-0.15, -0.1) is 0 Å². The molecule has 0 fully saturated rings. The highest BCUT2D eigenvalue weighted by molar-refractivity contribution is 5.93. The molecule has 1 aromatic heterocycles. The Labute approximate surface area is 111 Å². The van der Waals surface area contributed by atoms with E-state index < -0.39 is 5.91 Å². The summed E-state index contributed by atoms with van der Waals surface area (Å²) >= 11 is 0. The second-order valence-corrected chi connectivity index (χ2v) is 4.67. The maximum atomic E-state index is 11.1. The van der Waals surface area contributed by atoms with Crippen LogP contribution in [0.3, 0.4) is 0 Å². The van der Waals surface area contributed by atoms with Gasteiger partial charge in [-0.25, -0.2) is 0 Å². The Balaban J connectivity index is 2.04. The average Bonchev–Trinajstić information content (AvgIpc) is 2.47. The topological polar surface area (TPSA) is 68.0 Å². The van der Waals surface area contributed by atoms with Crippen LogP contribution in [-0.2, 0) is 13.0 Å². The number of benzene rings is 1. The summed E-state index contributed by atoms with van der Waals surface area (Å²) in [7, 11) is 0. The van der Waals surface area contributed by atoms with Gasteiger partial charge in [-0.2, -0.15) is 0 Å². The van der Waals surface area contributed by atoms with Crippen LogP contribution in [0.25, 0.3) is 11.3 Å². The zero-order valence-corrected chi connectivity index (χ0v) is 10.5. The fourth-order valence-electron chi connectivity index (χ4n) is 2.45. The SMILES string of the molecule is NC(=O)c1ccc(-c2nccc3c2CCNC3)cc1. The molecule has 4 heteroatoms. The lowest BCUT2D eigenvalue weighted by molar-refractivity contribution is 0.100. The third kappa shape index (κ3) is 2.22. The summed E-state index contributed by atoms with van der Waals surface area (Å²) < 4.78 is 0. The van der Waals surface area contributed by atoms with E-state index in [4.69, 9.17) is 5.73 Å². The highest BCUT2D eigenvalue weighted by Crippen LogP contribution is 2.26. The predicted octanol–water partition coefficient (Wildman–Crippen LogP) is 1.49. The summed E-state index contributed by atoms with van der Waals surface area (Å²) in [6, 6.07) is 9.37. The number of nitrogens with two attached hydrogens (primary N) is 1. The van der Waals surface area contributed by atoms with Crippen LogP contribution < -0.4 is 11.1 Å². The van der Waals surface area contributed by atoms with E-state index in [1.807, 2.05) is 18.3 Å². The van der Waals surface area contributed by atoms with Crippen LogP contribution in [0.5, 0.6) is 0 Å². The molecule has 0 radical (unpaired) electrons. The molecule has 0 bridgehead atoms. The van der Waals surface area contributed by atoms with Gasteiger partial charge >= 0.3 is 0 Å². The molecule has 1 aromatic carbocycles. The van der Waals surface area contributed by atoms with Crippen LogP contribution in [0.2, 0.25) is 0 Å². The van der Waals surface area contributed by atoms with E-state index in [-0.39, 0.29) is 0 Å². The van der Waals surface area contributed by atoms with E-state index in [1.54, 1.807) is 12.1 Å². The van der Waals surface area contributed by atoms with Crippen molar-refractivity contribution in [2.45, 2.75) is 13.0 Å². The second-order valence-electron chi connectivity index (χ2n) is 4.67. The maximum absolute atomic E-state index is 11.1. The van der Waals surface area contributed by atoms with E-state index in [0.29, 0.717) is 5.56 Å². The molecule has 0 atom stereocenters. The highest BCUT2D eigenvalue weighted by atomic mass is 16.1. The van der Waals surface area contributed by atoms with Gasteiger partial charge in [0, 0.05) is 23.9 Å². The normalized spacial score (nSPS) is 13.9. The summed E-state index contributed by atoms with van der Waals surface area (Å²) in [4.78, 5) is 15.6. The molecule has 19 heavy (non-hydrogen) atoms. The van der Waals surface area contributed by atoms with Crippen molar-refractivity contribution in [3.63, 3.8) is 0 Å². The number of nitrogens with one attached hydrogen (secondary N) is 1. The molecule has 2 heterocycles. The molecule has 0 aliphatic carbocycles. The fraction of sp³-hybridized carbons (Fsp3) is 0.200. The lowest BCUT2D eigenvalue weighted by atomic mass is 9.95. The first-order valence-electron chi connectivity index (χ1n) is 6.33. The molecule has 3 rings (SSSR count). The van der Waals surface area contributed by atoms with Crippen molar-refractivity contribution < 1.29 is 4.79 Å². The Morgan fingerprint density at radius 3 is 2.74 bits per heavy atom. The molecule has 0 saturated heterocycles. The number of carbonyl (C=O) groups excluding carboxylic acids is 1. The maximum Gasteiger partial charge on any atom is 0.248 e. The van der Waals surface area contributed by atoms with Crippen LogP contribution in [0.4, 0.5) is 0 Å². The van der Waals surface area contributed by atoms with Gasteiger partial charge in [-0.3, -0.25) is 9.78 Å². The number of pyridine rings is 1. The molecular weight excluding hydrogens is 238 g/mol. The summed E-state index contributed by atoms with van der Waals surface area (Å²) in [5, 5.41) is 3.35. The van der Waals surface area contributed by atoms with Crippen molar-refractivity contribution in [2.24, 2.45) is 5.73 Å². The first kappa shape index (κ1) is 11.9. The van der Waals surface area contributed by atoms with Crippen LogP contribution in [-0.4, -0.2) is 17.4 Å². The van der Waals surface area contributed by atoms with Crippen molar-refractivity contribution in [3.05, 3.63) is 53.2 Å². The number of rotatable bonds is 2. The zero-order chi connectivity index (χ0) is 13.2. The van der Waals surface area contributed by atoms with Gasteiger partial charge < -0.3 is 11.1 Å². The summed E-state index contributed by atoms with van der Waals surface area (Å²) in [5.41, 5.74) is 10.4. The Bertz CT molecular complexity index is 620. The largest absolute Gasteiger partial charge is 0.366 e. The minimum atomic E-state index is -0.404. The number of amides is 1. The summed E-state index contributed by atoms with van der Waals surface area (Å²) in [5.74, 6) is -0.404. The van der Waals surface area contributed by atoms with Gasteiger partial charge in [0.1, 0.15) is 0 Å². The van der Waals surface area contributed by atoms with Crippen LogP contribution in [0.15, 0.2) is 36.5 Å². The lowest BCUT2D eigenvalue weighted by Gasteiger charge is -2.19. The first-order valence-corrected chi connectivity index (χ1v) is 6.33. The number of primary amides is 1. The molecule has 3 N–H and O–H groups in total. The molecule has 1 aliphatic rings. The highest BCUT2D eigenvalue weighted by Gasteiger charge is 2.14. The van der Waals surface area contributed by atoms with Gasteiger partial charge in [0.05, 0.1) is 5.69 Å². The van der Waals surface area contributed by atoms with Crippen molar-refractivity contribution in [3.8, 4) is 11.3 Å². The zero-order valence-electron chi connectivity index (χ0n) is 10.5. The molecule has 2 aromatic rings. The van der Waals surface area contributed by atoms with Crippen LogP contribution in [0, 0.1) is 0 Å². The molecule has 0 unspecified atom stereocenters. The minimum absolute atomic E-state index is 0.404. The summed E-state index contributed by atoms with van der Waals surface area (Å²) in [6.07, 6.45) is 2.82. The number of hydrogen-bond acceptors (Lipinski definition) is 3. The summed E-state index contributed by atoms with van der Waals surface area (Å²) in [6.45, 7) is 1.87. The van der Waals surface area contributed by atoms with Crippen LogP contribution in [0.1, 0.15) is 21.5 Å². The number of nitrogens with zero attached hydrogens (tertiary/aromatic N) is 1. The molecule has 1 amide bonds. The van der Waals surface area contributed by atoms with Crippen LogP contribution >= 0.6 is 0 Å². The van der Waals surface area contributed by atoms with E-state index in [0.717, 1.165) is 30.8 Å². The van der Waals surface area contributed by atoms with Crippen molar-refractivity contribution in [1.29, 1.82) is 0 Å². The first-order chi connectivity index (χ1) is 9.25. The number of fused-ring (bicyclic) bond motifs is 1. The Hall–Kier alpha value is -2.20. The lowest BCUT2D eigenvalue weighted by Crippen LogP contribution is -2.24. The van der Waals surface area contributed by atoms with E-state index in [1.165, 1.54) is 11.1 Å². The van der Waals surface area contributed by atoms with Gasteiger partial charge in [-0.05, 0) is 42.3 Å². The Morgan fingerprint density at radius 2 is 2.00 bits per heavy atom. The van der Waals surface area contributed by atoms with Crippen molar-refractivity contribution in [2.75, 3.05) is 6.54 Å². The van der Waals surface area contributed by atoms with Gasteiger partial charge in [0.15, 0.2) is 0 Å². The van der Waals surface area contributed by atoms with Gasteiger partial charge in [-0.1, -0.05) is 12.1 Å². The number of carbonyl (C=O) groups is 1. The third-order valence-electron chi connectivity index (χ3n) is 3.46. The smallest absolute Gasteiger partial charge is 0.248 e. The molecule has 1 aliphatic heterocycles. The third-order valence-corrected chi connectivity index (χ3v) is 3.46. The molecular formula is C15H15N3O. The minimum Gasteiger partial charge on any atom is -0.366 e. The number of hydrogen-bond donors (Lipinski definition) is 2. The Morgan fingerprint density at radius 1 is 1.21 bits per heavy atom. The van der Waals surface area contributed by atoms with Crippen molar-refractivity contribution in [1.82, 2.24) is 10.3 Å². The molecule has 0 spiro atoms. The van der Waals surface area contributed by atoms with E-state index in [2.05, 4.69) is 16.4 Å². The molecule has 0 saturated carbocycles. The standard InChI is InChI=1S/C15H15N3O/c16-15(19)11-3-1-10(2-4-11)14-13-6-7-17-9-12(13)5-8-18-14/h1-5,8,17H,6-7,9H2,(H2,16,19). The van der Waals surface area contributed by atoms with Gasteiger partial charge in [0.25, 0.3) is 0 Å². The molecule has 4 nitrogen and oxygen atoms in total.